The quantitative estimate of drug-likeness (QED) is 0.732. The highest BCUT2D eigenvalue weighted by Crippen LogP contribution is 2.29. The van der Waals surface area contributed by atoms with Crippen LogP contribution in [0.4, 0.5) is 0 Å². The molecule has 160 valence electrons. The van der Waals surface area contributed by atoms with E-state index < -0.39 is 0 Å². The minimum absolute atomic E-state index is 0.154. The van der Waals surface area contributed by atoms with Crippen molar-refractivity contribution in [2.24, 2.45) is 0 Å². The lowest BCUT2D eigenvalue weighted by Gasteiger charge is -2.41. The Balaban J connectivity index is 1.16. The fourth-order valence-corrected chi connectivity index (χ4v) is 4.96. The molecule has 5 nitrogen and oxygen atoms in total. The number of likely N-dealkylation sites (tertiary alicyclic amines) is 2. The van der Waals surface area contributed by atoms with Gasteiger partial charge in [-0.15, -0.1) is 0 Å². The summed E-state index contributed by atoms with van der Waals surface area (Å²) in [6, 6.07) is 11.0. The molecule has 1 saturated carbocycles. The van der Waals surface area contributed by atoms with Gasteiger partial charge in [-0.3, -0.25) is 4.79 Å². The number of carbonyl (C=O) groups excluding carboxylic acids is 1. The van der Waals surface area contributed by atoms with E-state index in [1.54, 1.807) is 0 Å². The number of amides is 1. The van der Waals surface area contributed by atoms with Gasteiger partial charge in [0, 0.05) is 50.3 Å². The maximum atomic E-state index is 12.7. The van der Waals surface area contributed by atoms with Crippen molar-refractivity contribution in [3.8, 4) is 11.4 Å². The van der Waals surface area contributed by atoms with Crippen LogP contribution >= 0.6 is 0 Å². The number of hydrogen-bond donors (Lipinski definition) is 0. The first-order valence-electron chi connectivity index (χ1n) is 11.7. The zero-order valence-corrected chi connectivity index (χ0v) is 17.8. The van der Waals surface area contributed by atoms with Crippen LogP contribution in [0.5, 0.6) is 5.75 Å². The first kappa shape index (κ1) is 19.7. The molecule has 5 rings (SSSR count). The molecule has 1 aliphatic carbocycles. The van der Waals surface area contributed by atoms with Gasteiger partial charge in [0.25, 0.3) is 5.91 Å². The van der Waals surface area contributed by atoms with E-state index >= 15 is 0 Å². The van der Waals surface area contributed by atoms with Crippen LogP contribution in [0.3, 0.4) is 0 Å². The van der Waals surface area contributed by atoms with Gasteiger partial charge in [0.15, 0.2) is 0 Å². The number of ether oxygens (including phenoxy) is 1. The summed E-state index contributed by atoms with van der Waals surface area (Å²) in [5, 5.41) is 0. The summed E-state index contributed by atoms with van der Waals surface area (Å²) in [6.45, 7) is 4.11. The van der Waals surface area contributed by atoms with Gasteiger partial charge in [0.05, 0.1) is 5.56 Å². The van der Waals surface area contributed by atoms with E-state index in [1.807, 2.05) is 27.9 Å². The molecule has 0 unspecified atom stereocenters. The Morgan fingerprint density at radius 1 is 0.833 bits per heavy atom. The Morgan fingerprint density at radius 2 is 1.57 bits per heavy atom. The van der Waals surface area contributed by atoms with E-state index in [0.29, 0.717) is 6.10 Å². The second kappa shape index (κ2) is 8.84. The standard InChI is InChI=1S/C25H33N3O2/c29-25(27-14-2-1-3-15-27)20-11-16-28(19-20)22-7-9-23(10-8-22)30-24-12-17-26(18-13-24)21-5-4-6-21/h7-11,16,19,21,24H,1-6,12-15,17-18H2. The number of nitrogens with zero attached hydrogens (tertiary/aromatic N) is 3. The van der Waals surface area contributed by atoms with Crippen molar-refractivity contribution in [2.45, 2.75) is 63.5 Å². The van der Waals surface area contributed by atoms with Crippen LogP contribution in [0.25, 0.3) is 5.69 Å². The van der Waals surface area contributed by atoms with Crippen LogP contribution in [0, 0.1) is 0 Å². The fourth-order valence-electron chi connectivity index (χ4n) is 4.96. The van der Waals surface area contributed by atoms with E-state index in [0.717, 1.165) is 61.8 Å². The summed E-state index contributed by atoms with van der Waals surface area (Å²) in [4.78, 5) is 17.3. The average molecular weight is 408 g/mol. The number of hydrogen-bond acceptors (Lipinski definition) is 3. The highest BCUT2D eigenvalue weighted by molar-refractivity contribution is 5.94. The Kier molecular flexibility index (Phi) is 5.80. The lowest BCUT2D eigenvalue weighted by atomic mass is 9.90. The highest BCUT2D eigenvalue weighted by atomic mass is 16.5. The molecule has 2 aromatic rings. The Morgan fingerprint density at radius 3 is 2.23 bits per heavy atom. The molecule has 0 atom stereocenters. The third kappa shape index (κ3) is 4.27. The molecule has 3 heterocycles. The van der Waals surface area contributed by atoms with Crippen LogP contribution in [0.2, 0.25) is 0 Å². The molecule has 2 saturated heterocycles. The van der Waals surface area contributed by atoms with E-state index in [-0.39, 0.29) is 5.91 Å². The Hall–Kier alpha value is -2.27. The predicted octanol–water partition coefficient (Wildman–Crippen LogP) is 4.50. The SMILES string of the molecule is O=C(c1ccn(-c2ccc(OC3CCN(C4CCC4)CC3)cc2)c1)N1CCCCC1. The van der Waals surface area contributed by atoms with Crippen molar-refractivity contribution in [1.82, 2.24) is 14.4 Å². The second-order valence-electron chi connectivity index (χ2n) is 9.09. The number of rotatable bonds is 5. The van der Waals surface area contributed by atoms with E-state index in [4.69, 9.17) is 4.74 Å². The molecule has 0 spiro atoms. The van der Waals surface area contributed by atoms with Gasteiger partial charge >= 0.3 is 0 Å². The first-order valence-corrected chi connectivity index (χ1v) is 11.7. The number of carbonyl (C=O) groups is 1. The first-order chi connectivity index (χ1) is 14.8. The Bertz CT molecular complexity index is 842. The van der Waals surface area contributed by atoms with Crippen LogP contribution in [-0.4, -0.2) is 58.6 Å². The van der Waals surface area contributed by atoms with Crippen molar-refractivity contribution in [1.29, 1.82) is 0 Å². The molecule has 5 heteroatoms. The molecule has 1 amide bonds. The number of benzene rings is 1. The molecular formula is C25H33N3O2. The molecule has 0 N–H and O–H groups in total. The van der Waals surface area contributed by atoms with E-state index in [2.05, 4.69) is 29.2 Å². The largest absolute Gasteiger partial charge is 0.490 e. The fraction of sp³-hybridized carbons (Fsp3) is 0.560. The van der Waals surface area contributed by atoms with Crippen LogP contribution in [0.1, 0.15) is 61.7 Å². The Labute approximate surface area is 179 Å². The van der Waals surface area contributed by atoms with Gasteiger partial charge in [-0.2, -0.15) is 0 Å². The monoisotopic (exact) mass is 407 g/mol. The summed E-state index contributed by atoms with van der Waals surface area (Å²) in [5.41, 5.74) is 1.83. The molecule has 3 fully saturated rings. The highest BCUT2D eigenvalue weighted by Gasteiger charge is 2.29. The van der Waals surface area contributed by atoms with Crippen molar-refractivity contribution in [3.63, 3.8) is 0 Å². The molecule has 0 bridgehead atoms. The third-order valence-electron chi connectivity index (χ3n) is 7.09. The second-order valence-corrected chi connectivity index (χ2v) is 9.09. The molecule has 1 aromatic heterocycles. The normalized spacial score (nSPS) is 21.4. The van der Waals surface area contributed by atoms with E-state index in [9.17, 15) is 4.79 Å². The third-order valence-corrected chi connectivity index (χ3v) is 7.09. The van der Waals surface area contributed by atoms with E-state index in [1.165, 1.54) is 38.8 Å². The zero-order valence-electron chi connectivity index (χ0n) is 17.8. The number of piperidine rings is 2. The number of aromatic nitrogens is 1. The summed E-state index contributed by atoms with van der Waals surface area (Å²) >= 11 is 0. The predicted molar refractivity (Wildman–Crippen MR) is 118 cm³/mol. The summed E-state index contributed by atoms with van der Waals surface area (Å²) in [6.07, 6.45) is 14.1. The minimum Gasteiger partial charge on any atom is -0.490 e. The maximum absolute atomic E-state index is 12.7. The minimum atomic E-state index is 0.154. The molecule has 3 aliphatic rings. The molecule has 0 radical (unpaired) electrons. The van der Waals surface area contributed by atoms with Crippen molar-refractivity contribution < 1.29 is 9.53 Å². The lowest BCUT2D eigenvalue weighted by Crippen LogP contribution is -2.46. The van der Waals surface area contributed by atoms with Crippen molar-refractivity contribution in [2.75, 3.05) is 26.2 Å². The average Bonchev–Trinajstić information content (AvgIpc) is 3.25. The van der Waals surface area contributed by atoms with Gasteiger partial charge in [0.1, 0.15) is 11.9 Å². The topological polar surface area (TPSA) is 37.7 Å². The zero-order chi connectivity index (χ0) is 20.3. The van der Waals surface area contributed by atoms with Gasteiger partial charge < -0.3 is 19.1 Å². The molecule has 1 aromatic carbocycles. The lowest BCUT2D eigenvalue weighted by molar-refractivity contribution is 0.0493. The summed E-state index contributed by atoms with van der Waals surface area (Å²) in [7, 11) is 0. The van der Waals surface area contributed by atoms with Gasteiger partial charge in [-0.1, -0.05) is 6.42 Å². The van der Waals surface area contributed by atoms with Crippen LogP contribution in [0.15, 0.2) is 42.7 Å². The summed E-state index contributed by atoms with van der Waals surface area (Å²) < 4.78 is 8.28. The van der Waals surface area contributed by atoms with Gasteiger partial charge in [0.2, 0.25) is 0 Å². The van der Waals surface area contributed by atoms with Gasteiger partial charge in [-0.05, 0) is 75.3 Å². The summed E-state index contributed by atoms with van der Waals surface area (Å²) in [5.74, 6) is 1.10. The van der Waals surface area contributed by atoms with Crippen LogP contribution < -0.4 is 4.74 Å². The van der Waals surface area contributed by atoms with Crippen molar-refractivity contribution in [3.05, 3.63) is 48.3 Å². The van der Waals surface area contributed by atoms with Crippen molar-refractivity contribution >= 4 is 5.91 Å². The van der Waals surface area contributed by atoms with Crippen LogP contribution in [-0.2, 0) is 0 Å². The smallest absolute Gasteiger partial charge is 0.255 e. The maximum Gasteiger partial charge on any atom is 0.255 e. The molecule has 2 aliphatic heterocycles. The molecule has 30 heavy (non-hydrogen) atoms. The molecular weight excluding hydrogens is 374 g/mol. The van der Waals surface area contributed by atoms with Gasteiger partial charge in [-0.25, -0.2) is 0 Å².